The van der Waals surface area contributed by atoms with Gasteiger partial charge in [-0.25, -0.2) is 0 Å². The minimum Gasteiger partial charge on any atom is -0.511 e. The molecule has 0 unspecified atom stereocenters. The maximum atomic E-state index is 12.5. The van der Waals surface area contributed by atoms with E-state index < -0.39 is 0 Å². The molecule has 0 radical (unpaired) electrons. The molecule has 0 saturated heterocycles. The number of carbonyl (C=O) groups excluding carboxylic acids is 2. The molecule has 0 atom stereocenters. The Balaban J connectivity index is 2.12. The van der Waals surface area contributed by atoms with Crippen LogP contribution < -0.4 is 0 Å². The third-order valence-corrected chi connectivity index (χ3v) is 5.07. The lowest BCUT2D eigenvalue weighted by Crippen LogP contribution is -2.27. The van der Waals surface area contributed by atoms with Gasteiger partial charge in [0.05, 0.1) is 5.57 Å². The minimum atomic E-state index is -0.236. The van der Waals surface area contributed by atoms with Crippen LogP contribution in [0.15, 0.2) is 41.7 Å². The van der Waals surface area contributed by atoms with Crippen LogP contribution in [0.5, 0.6) is 0 Å². The summed E-state index contributed by atoms with van der Waals surface area (Å²) in [5, 5.41) is 12.1. The Kier molecular flexibility index (Phi) is 4.27. The number of allylic oxidation sites excluding steroid dienone is 2. The molecular formula is C21H22O3. The second kappa shape index (κ2) is 6.23. The highest BCUT2D eigenvalue weighted by atomic mass is 16.3. The molecule has 1 fully saturated rings. The zero-order valence-corrected chi connectivity index (χ0v) is 14.3. The first-order valence-electron chi connectivity index (χ1n) is 8.41. The van der Waals surface area contributed by atoms with Gasteiger partial charge in [0.25, 0.3) is 0 Å². The van der Waals surface area contributed by atoms with E-state index >= 15 is 0 Å². The van der Waals surface area contributed by atoms with Gasteiger partial charge in [-0.1, -0.05) is 37.3 Å². The van der Waals surface area contributed by atoms with E-state index in [1.54, 1.807) is 6.92 Å². The van der Waals surface area contributed by atoms with Crippen LogP contribution in [0.25, 0.3) is 10.8 Å². The molecule has 124 valence electrons. The highest BCUT2D eigenvalue weighted by molar-refractivity contribution is 6.22. The van der Waals surface area contributed by atoms with Gasteiger partial charge in [-0.05, 0) is 47.2 Å². The number of benzene rings is 2. The summed E-state index contributed by atoms with van der Waals surface area (Å²) >= 11 is 0. The fourth-order valence-corrected chi connectivity index (χ4v) is 3.73. The highest BCUT2D eigenvalue weighted by Crippen LogP contribution is 2.39. The fourth-order valence-electron chi connectivity index (χ4n) is 3.73. The summed E-state index contributed by atoms with van der Waals surface area (Å²) in [6.07, 6.45) is 0.864. The van der Waals surface area contributed by atoms with Gasteiger partial charge in [0.2, 0.25) is 0 Å². The Bertz CT molecular complexity index is 854. The largest absolute Gasteiger partial charge is 0.511 e. The molecule has 1 N–H and O–H groups in total. The normalized spacial score (nSPS) is 18.3. The van der Waals surface area contributed by atoms with Crippen LogP contribution in [-0.4, -0.2) is 16.7 Å². The topological polar surface area (TPSA) is 54.4 Å². The van der Waals surface area contributed by atoms with E-state index in [-0.39, 0.29) is 41.7 Å². The second-order valence-corrected chi connectivity index (χ2v) is 6.58. The lowest BCUT2D eigenvalue weighted by atomic mass is 9.76. The molecule has 3 rings (SSSR count). The summed E-state index contributed by atoms with van der Waals surface area (Å²) in [5.41, 5.74) is 3.43. The van der Waals surface area contributed by atoms with Crippen LogP contribution in [0.4, 0.5) is 0 Å². The molecule has 0 heterocycles. The highest BCUT2D eigenvalue weighted by Gasteiger charge is 2.34. The molecule has 2 aromatic carbocycles. The maximum Gasteiger partial charge on any atom is 0.170 e. The Labute approximate surface area is 142 Å². The number of aliphatic hydroxyl groups is 1. The van der Waals surface area contributed by atoms with E-state index in [1.165, 1.54) is 5.56 Å². The molecule has 3 heteroatoms. The van der Waals surface area contributed by atoms with Crippen molar-refractivity contribution in [3.63, 3.8) is 0 Å². The van der Waals surface area contributed by atoms with Gasteiger partial charge < -0.3 is 5.11 Å². The first-order chi connectivity index (χ1) is 11.4. The number of Topliss-reactive ketones (excluding diaryl/α,β-unsaturated/α-hetero) is 2. The Morgan fingerprint density at radius 1 is 1.12 bits per heavy atom. The number of fused-ring (bicyclic) bond motifs is 1. The molecule has 0 aromatic heterocycles. The monoisotopic (exact) mass is 322 g/mol. The van der Waals surface area contributed by atoms with Gasteiger partial charge in [-0.15, -0.1) is 0 Å². The average Bonchev–Trinajstić information content (AvgIpc) is 2.55. The second-order valence-electron chi connectivity index (χ2n) is 6.58. The van der Waals surface area contributed by atoms with E-state index in [4.69, 9.17) is 0 Å². The number of hydrogen-bond acceptors (Lipinski definition) is 3. The summed E-state index contributed by atoms with van der Waals surface area (Å²) in [5.74, 6) is -0.668. The van der Waals surface area contributed by atoms with Crippen molar-refractivity contribution in [2.75, 3.05) is 0 Å². The molecule has 0 aliphatic heterocycles. The summed E-state index contributed by atoms with van der Waals surface area (Å²) in [4.78, 5) is 25.0. The smallest absolute Gasteiger partial charge is 0.170 e. The van der Waals surface area contributed by atoms with Crippen molar-refractivity contribution >= 4 is 22.3 Å². The van der Waals surface area contributed by atoms with Crippen molar-refractivity contribution in [2.45, 2.75) is 46.0 Å². The van der Waals surface area contributed by atoms with Crippen molar-refractivity contribution in [1.29, 1.82) is 0 Å². The number of hydrogen-bond donors (Lipinski definition) is 1. The fraction of sp³-hybridized carbons (Fsp3) is 0.333. The zero-order chi connectivity index (χ0) is 17.4. The maximum absolute atomic E-state index is 12.5. The standard InChI is InChI=1S/C21H22O3/c1-4-17(22)21-18(23)10-15(11-19(21)24)20-13(3)12(2)9-14-7-5-6-8-16(14)20/h5-9,15,22H,4,10-11H2,1-3H3. The lowest BCUT2D eigenvalue weighted by molar-refractivity contribution is -0.124. The van der Waals surface area contributed by atoms with Gasteiger partial charge in [0.1, 0.15) is 5.76 Å². The third-order valence-electron chi connectivity index (χ3n) is 5.07. The first kappa shape index (κ1) is 16.4. The molecular weight excluding hydrogens is 300 g/mol. The van der Waals surface area contributed by atoms with Gasteiger partial charge in [0, 0.05) is 19.3 Å². The van der Waals surface area contributed by atoms with Gasteiger partial charge in [-0.2, -0.15) is 0 Å². The SMILES string of the molecule is CCC(O)=C1C(=O)CC(c2c(C)c(C)cc3ccccc23)CC1=O. The van der Waals surface area contributed by atoms with Crippen LogP contribution >= 0.6 is 0 Å². The molecule has 1 aliphatic rings. The summed E-state index contributed by atoms with van der Waals surface area (Å²) in [7, 11) is 0. The van der Waals surface area contributed by atoms with Gasteiger partial charge >= 0.3 is 0 Å². The molecule has 1 aliphatic carbocycles. The van der Waals surface area contributed by atoms with Crippen LogP contribution in [0.1, 0.15) is 48.8 Å². The van der Waals surface area contributed by atoms with E-state index in [0.717, 1.165) is 21.9 Å². The quantitative estimate of drug-likeness (QED) is 0.495. The molecule has 3 nitrogen and oxygen atoms in total. The van der Waals surface area contributed by atoms with Crippen LogP contribution in [-0.2, 0) is 9.59 Å². The number of aliphatic hydroxyl groups excluding tert-OH is 1. The van der Waals surface area contributed by atoms with E-state index in [1.807, 2.05) is 12.1 Å². The Morgan fingerprint density at radius 3 is 2.38 bits per heavy atom. The number of aryl methyl sites for hydroxylation is 1. The molecule has 0 bridgehead atoms. The van der Waals surface area contributed by atoms with Crippen LogP contribution in [0.2, 0.25) is 0 Å². The van der Waals surface area contributed by atoms with Crippen LogP contribution in [0.3, 0.4) is 0 Å². The summed E-state index contributed by atoms with van der Waals surface area (Å²) < 4.78 is 0. The summed E-state index contributed by atoms with van der Waals surface area (Å²) in [6.45, 7) is 5.86. The van der Waals surface area contributed by atoms with Crippen molar-refractivity contribution in [3.8, 4) is 0 Å². The van der Waals surface area contributed by atoms with Gasteiger partial charge in [-0.3, -0.25) is 9.59 Å². The molecule has 0 spiro atoms. The van der Waals surface area contributed by atoms with Crippen molar-refractivity contribution in [3.05, 3.63) is 58.4 Å². The molecule has 1 saturated carbocycles. The summed E-state index contributed by atoms with van der Waals surface area (Å²) in [6, 6.07) is 10.3. The predicted octanol–water partition coefficient (Wildman–Crippen LogP) is 4.69. The minimum absolute atomic E-state index is 0.0170. The molecule has 0 amide bonds. The van der Waals surface area contributed by atoms with Crippen molar-refractivity contribution < 1.29 is 14.7 Å². The number of rotatable bonds is 2. The number of carbonyl (C=O) groups is 2. The first-order valence-corrected chi connectivity index (χ1v) is 8.41. The average molecular weight is 322 g/mol. The number of ketones is 2. The molecule has 2 aromatic rings. The Morgan fingerprint density at radius 2 is 1.75 bits per heavy atom. The predicted molar refractivity (Wildman–Crippen MR) is 95.4 cm³/mol. The van der Waals surface area contributed by atoms with E-state index in [9.17, 15) is 14.7 Å². The third kappa shape index (κ3) is 2.64. The van der Waals surface area contributed by atoms with Crippen molar-refractivity contribution in [1.82, 2.24) is 0 Å². The lowest BCUT2D eigenvalue weighted by Gasteiger charge is -2.26. The van der Waals surface area contributed by atoms with E-state index in [2.05, 4.69) is 32.0 Å². The van der Waals surface area contributed by atoms with Crippen molar-refractivity contribution in [2.24, 2.45) is 0 Å². The Hall–Kier alpha value is -2.42. The zero-order valence-electron chi connectivity index (χ0n) is 14.3. The molecule has 24 heavy (non-hydrogen) atoms. The van der Waals surface area contributed by atoms with Gasteiger partial charge in [0.15, 0.2) is 11.6 Å². The van der Waals surface area contributed by atoms with E-state index in [0.29, 0.717) is 6.42 Å². The van der Waals surface area contributed by atoms with Crippen LogP contribution in [0, 0.1) is 13.8 Å².